The smallest absolute Gasteiger partial charge is 0.326 e. The highest BCUT2D eigenvalue weighted by molar-refractivity contribution is 9.12. The van der Waals surface area contributed by atoms with Crippen molar-refractivity contribution in [1.29, 1.82) is 0 Å². The Bertz CT molecular complexity index is 783. The fourth-order valence-electron chi connectivity index (χ4n) is 2.08. The van der Waals surface area contributed by atoms with Crippen LogP contribution in [0.15, 0.2) is 34.3 Å². The third-order valence-electron chi connectivity index (χ3n) is 3.34. The molecule has 0 radical (unpaired) electrons. The monoisotopic (exact) mass is 425 g/mol. The minimum atomic E-state index is -0.865. The van der Waals surface area contributed by atoms with Gasteiger partial charge < -0.3 is 5.32 Å². The van der Waals surface area contributed by atoms with Gasteiger partial charge in [-0.2, -0.15) is 4.89 Å². The van der Waals surface area contributed by atoms with E-state index in [1.54, 1.807) is 38.0 Å². The van der Waals surface area contributed by atoms with E-state index in [0.29, 0.717) is 15.1 Å². The summed E-state index contributed by atoms with van der Waals surface area (Å²) in [5.41, 5.74) is 1.53. The zero-order valence-electron chi connectivity index (χ0n) is 13.8. The van der Waals surface area contributed by atoms with E-state index in [1.165, 1.54) is 7.11 Å². The maximum absolute atomic E-state index is 12.0. The summed E-state index contributed by atoms with van der Waals surface area (Å²) in [6, 6.07) is 7.15. The lowest BCUT2D eigenvalue weighted by molar-refractivity contribution is -0.253. The molecule has 0 bridgehead atoms. The molecule has 1 amide bonds. The molecule has 1 aliphatic rings. The van der Waals surface area contributed by atoms with Crippen LogP contribution in [0.1, 0.15) is 19.4 Å². The van der Waals surface area contributed by atoms with Gasteiger partial charge in [0.25, 0.3) is 0 Å². The van der Waals surface area contributed by atoms with Gasteiger partial charge in [0.05, 0.1) is 12.7 Å². The standard InChI is InChI=1S/C17H16BrNO5S/c1-9(2)16(21)19-11-6-4-5-10(7-11)14-13(18)12(8-20)15(25-14)17(22)24-23-3/h4-7,9,15H,1-3H3,(H,19,21). The molecule has 1 N–H and O–H groups in total. The second kappa shape index (κ2) is 8.49. The number of hydrogen-bond donors (Lipinski definition) is 1. The van der Waals surface area contributed by atoms with Crippen LogP contribution < -0.4 is 5.32 Å². The van der Waals surface area contributed by atoms with E-state index < -0.39 is 11.2 Å². The largest absolute Gasteiger partial charge is 0.360 e. The molecule has 1 atom stereocenters. The van der Waals surface area contributed by atoms with Crippen molar-refractivity contribution in [3.05, 3.63) is 39.9 Å². The van der Waals surface area contributed by atoms with Crippen LogP contribution in [0.5, 0.6) is 0 Å². The molecule has 8 heteroatoms. The quantitative estimate of drug-likeness (QED) is 0.442. The Balaban J connectivity index is 2.32. The van der Waals surface area contributed by atoms with Crippen molar-refractivity contribution in [3.8, 4) is 0 Å². The molecular formula is C17H16BrNO5S. The van der Waals surface area contributed by atoms with Gasteiger partial charge >= 0.3 is 5.97 Å². The third-order valence-corrected chi connectivity index (χ3v) is 5.77. The van der Waals surface area contributed by atoms with Crippen molar-refractivity contribution in [1.82, 2.24) is 0 Å². The van der Waals surface area contributed by atoms with E-state index in [4.69, 9.17) is 0 Å². The van der Waals surface area contributed by atoms with Crippen LogP contribution in [-0.2, 0) is 24.2 Å². The van der Waals surface area contributed by atoms with Crippen LogP contribution in [0.25, 0.3) is 4.91 Å². The second-order valence-corrected chi connectivity index (χ2v) is 7.36. The molecule has 2 rings (SSSR count). The minimum absolute atomic E-state index is 0.0979. The van der Waals surface area contributed by atoms with Crippen LogP contribution >= 0.6 is 27.7 Å². The third kappa shape index (κ3) is 4.41. The Morgan fingerprint density at radius 1 is 1.36 bits per heavy atom. The highest BCUT2D eigenvalue weighted by Gasteiger charge is 2.38. The van der Waals surface area contributed by atoms with Crippen LogP contribution in [-0.4, -0.2) is 30.2 Å². The average molecular weight is 426 g/mol. The average Bonchev–Trinajstić information content (AvgIpc) is 2.91. The molecule has 1 unspecified atom stereocenters. The SMILES string of the molecule is COOC(=O)C1SC(c2cccc(NC(=O)C(C)C)c2)=C(Br)C1=C=O. The van der Waals surface area contributed by atoms with E-state index in [1.807, 2.05) is 6.07 Å². The van der Waals surface area contributed by atoms with E-state index in [0.717, 1.165) is 17.3 Å². The summed E-state index contributed by atoms with van der Waals surface area (Å²) < 4.78 is 0.470. The van der Waals surface area contributed by atoms with Gasteiger partial charge in [-0.05, 0) is 33.6 Å². The van der Waals surface area contributed by atoms with Crippen molar-refractivity contribution >= 4 is 56.1 Å². The Kier molecular flexibility index (Phi) is 6.61. The fourth-order valence-corrected chi connectivity index (χ4v) is 4.18. The predicted molar refractivity (Wildman–Crippen MR) is 99.4 cm³/mol. The summed E-state index contributed by atoms with van der Waals surface area (Å²) in [6.07, 6.45) is 0. The summed E-state index contributed by atoms with van der Waals surface area (Å²) >= 11 is 4.50. The molecule has 0 saturated heterocycles. The van der Waals surface area contributed by atoms with Crippen molar-refractivity contribution in [2.24, 2.45) is 5.92 Å². The molecule has 1 aliphatic heterocycles. The first-order valence-electron chi connectivity index (χ1n) is 7.36. The van der Waals surface area contributed by atoms with E-state index in [9.17, 15) is 14.4 Å². The normalized spacial score (nSPS) is 16.8. The van der Waals surface area contributed by atoms with Gasteiger partial charge in [-0.25, -0.2) is 9.59 Å². The zero-order valence-corrected chi connectivity index (χ0v) is 16.2. The Morgan fingerprint density at radius 2 is 2.08 bits per heavy atom. The Hall–Kier alpha value is -1.86. The summed E-state index contributed by atoms with van der Waals surface area (Å²) in [5.74, 6) is 0.844. The lowest BCUT2D eigenvalue weighted by Crippen LogP contribution is -2.20. The van der Waals surface area contributed by atoms with E-state index in [-0.39, 0.29) is 17.4 Å². The first-order valence-corrected chi connectivity index (χ1v) is 9.03. The number of thioether (sulfide) groups is 1. The first-order chi connectivity index (χ1) is 11.9. The molecule has 1 heterocycles. The maximum atomic E-state index is 12.0. The van der Waals surface area contributed by atoms with Gasteiger partial charge in [0.15, 0.2) is 0 Å². The fraction of sp³-hybridized carbons (Fsp3) is 0.294. The number of nitrogens with one attached hydrogen (secondary N) is 1. The van der Waals surface area contributed by atoms with E-state index >= 15 is 0 Å². The van der Waals surface area contributed by atoms with Gasteiger partial charge in [0, 0.05) is 21.0 Å². The number of amides is 1. The number of benzene rings is 1. The van der Waals surface area contributed by atoms with Crippen LogP contribution in [0, 0.1) is 5.92 Å². The van der Waals surface area contributed by atoms with E-state index in [2.05, 4.69) is 31.0 Å². The number of carbonyl (C=O) groups excluding carboxylic acids is 3. The predicted octanol–water partition coefficient (Wildman–Crippen LogP) is 3.32. The number of carbonyl (C=O) groups is 2. The van der Waals surface area contributed by atoms with Crippen molar-refractivity contribution in [3.63, 3.8) is 0 Å². The Morgan fingerprint density at radius 3 is 2.68 bits per heavy atom. The van der Waals surface area contributed by atoms with Crippen LogP contribution in [0.2, 0.25) is 0 Å². The van der Waals surface area contributed by atoms with Gasteiger partial charge in [-0.15, -0.1) is 11.8 Å². The van der Waals surface area contributed by atoms with Crippen LogP contribution in [0.4, 0.5) is 5.69 Å². The zero-order chi connectivity index (χ0) is 18.6. The van der Waals surface area contributed by atoms with Crippen molar-refractivity contribution in [2.45, 2.75) is 19.1 Å². The molecule has 0 fully saturated rings. The van der Waals surface area contributed by atoms with Gasteiger partial charge in [0.1, 0.15) is 11.2 Å². The lowest BCUT2D eigenvalue weighted by Gasteiger charge is -2.10. The minimum Gasteiger partial charge on any atom is -0.326 e. The molecule has 0 saturated carbocycles. The highest BCUT2D eigenvalue weighted by Crippen LogP contribution is 2.49. The van der Waals surface area contributed by atoms with Gasteiger partial charge in [0.2, 0.25) is 5.91 Å². The molecule has 1 aromatic rings. The number of anilines is 1. The molecule has 0 aromatic heterocycles. The van der Waals surface area contributed by atoms with Crippen LogP contribution in [0.3, 0.4) is 0 Å². The van der Waals surface area contributed by atoms with Crippen molar-refractivity contribution < 1.29 is 24.2 Å². The molecule has 0 aliphatic carbocycles. The summed E-state index contributed by atoms with van der Waals surface area (Å²) in [5, 5.41) is 1.95. The highest BCUT2D eigenvalue weighted by atomic mass is 79.9. The van der Waals surface area contributed by atoms with Gasteiger partial charge in [-0.1, -0.05) is 26.0 Å². The lowest BCUT2D eigenvalue weighted by atomic mass is 10.1. The number of halogens is 1. The number of hydrogen-bond acceptors (Lipinski definition) is 6. The summed E-state index contributed by atoms with van der Waals surface area (Å²) in [6.45, 7) is 3.61. The van der Waals surface area contributed by atoms with Crippen molar-refractivity contribution in [2.75, 3.05) is 12.4 Å². The number of allylic oxidation sites excluding steroid dienone is 1. The first kappa shape index (κ1) is 19.5. The number of rotatable bonds is 5. The Labute approximate surface area is 157 Å². The molecule has 132 valence electrons. The topological polar surface area (TPSA) is 81.7 Å². The molecule has 6 nitrogen and oxygen atoms in total. The van der Waals surface area contributed by atoms with Gasteiger partial charge in [-0.3, -0.25) is 9.68 Å². The second-order valence-electron chi connectivity index (χ2n) is 5.45. The molecule has 0 spiro atoms. The maximum Gasteiger partial charge on any atom is 0.360 e. The molecule has 25 heavy (non-hydrogen) atoms. The molecule has 1 aromatic carbocycles. The summed E-state index contributed by atoms with van der Waals surface area (Å²) in [4.78, 5) is 44.7. The summed E-state index contributed by atoms with van der Waals surface area (Å²) in [7, 11) is 1.21. The molecular weight excluding hydrogens is 410 g/mol.